The number of rotatable bonds is 10. The standard InChI is InChI=1S/C19H22F2N2O3S/c1-3-10-25-15-8-7-13(12-16(15)26-11-4-2)23-17(24)14-6-5-9-22-18(14)27-19(20)21/h5-9,12,19H,3-4,10-11H2,1-2H3,(H,23,24). The molecule has 0 spiro atoms. The van der Waals surface area contributed by atoms with Gasteiger partial charge in [0.15, 0.2) is 11.5 Å². The summed E-state index contributed by atoms with van der Waals surface area (Å²) >= 11 is 0.240. The van der Waals surface area contributed by atoms with Crippen LogP contribution in [0.1, 0.15) is 37.0 Å². The van der Waals surface area contributed by atoms with Gasteiger partial charge in [-0.3, -0.25) is 4.79 Å². The Morgan fingerprint density at radius 2 is 1.85 bits per heavy atom. The highest BCUT2D eigenvalue weighted by Gasteiger charge is 2.17. The summed E-state index contributed by atoms with van der Waals surface area (Å²) in [6.45, 7) is 5.06. The molecule has 146 valence electrons. The minimum absolute atomic E-state index is 0.0182. The normalized spacial score (nSPS) is 10.7. The predicted molar refractivity (Wildman–Crippen MR) is 102 cm³/mol. The second-order valence-electron chi connectivity index (χ2n) is 5.55. The monoisotopic (exact) mass is 396 g/mol. The first-order chi connectivity index (χ1) is 13.0. The zero-order valence-corrected chi connectivity index (χ0v) is 16.0. The van der Waals surface area contributed by atoms with Crippen LogP contribution in [0.5, 0.6) is 11.5 Å². The molecule has 27 heavy (non-hydrogen) atoms. The van der Waals surface area contributed by atoms with Gasteiger partial charge in [0, 0.05) is 18.0 Å². The first-order valence-corrected chi connectivity index (χ1v) is 9.54. The number of hydrogen-bond acceptors (Lipinski definition) is 5. The van der Waals surface area contributed by atoms with Crippen LogP contribution in [0.4, 0.5) is 14.5 Å². The molecule has 8 heteroatoms. The number of ether oxygens (including phenoxy) is 2. The fourth-order valence-corrected chi connectivity index (χ4v) is 2.76. The van der Waals surface area contributed by atoms with E-state index in [-0.39, 0.29) is 22.4 Å². The molecule has 0 atom stereocenters. The highest BCUT2D eigenvalue weighted by Crippen LogP contribution is 2.32. The molecule has 0 unspecified atom stereocenters. The van der Waals surface area contributed by atoms with E-state index in [0.29, 0.717) is 30.4 Å². The van der Waals surface area contributed by atoms with Gasteiger partial charge in [-0.15, -0.1) is 0 Å². The average Bonchev–Trinajstić information content (AvgIpc) is 2.65. The SMILES string of the molecule is CCCOc1ccc(NC(=O)c2cccnc2SC(F)F)cc1OCCC. The van der Waals surface area contributed by atoms with Gasteiger partial charge in [-0.1, -0.05) is 13.8 Å². The first-order valence-electron chi connectivity index (χ1n) is 8.66. The van der Waals surface area contributed by atoms with Crippen LogP contribution < -0.4 is 14.8 Å². The van der Waals surface area contributed by atoms with Gasteiger partial charge in [-0.05, 0) is 48.9 Å². The van der Waals surface area contributed by atoms with E-state index < -0.39 is 11.7 Å². The van der Waals surface area contributed by atoms with E-state index in [0.717, 1.165) is 12.8 Å². The molecule has 0 bridgehead atoms. The van der Waals surface area contributed by atoms with Gasteiger partial charge in [-0.25, -0.2) is 4.98 Å². The number of halogens is 2. The number of aromatic nitrogens is 1. The third-order valence-corrected chi connectivity index (χ3v) is 4.07. The van der Waals surface area contributed by atoms with E-state index in [2.05, 4.69) is 10.3 Å². The number of benzene rings is 1. The molecule has 1 amide bonds. The molecule has 0 aliphatic rings. The van der Waals surface area contributed by atoms with E-state index in [9.17, 15) is 13.6 Å². The molecule has 0 aliphatic carbocycles. The van der Waals surface area contributed by atoms with Gasteiger partial charge in [0.05, 0.1) is 18.8 Å². The van der Waals surface area contributed by atoms with Crippen LogP contribution in [-0.4, -0.2) is 29.9 Å². The summed E-state index contributed by atoms with van der Waals surface area (Å²) in [5.74, 6) is -2.06. The van der Waals surface area contributed by atoms with Crippen molar-refractivity contribution in [3.05, 3.63) is 42.1 Å². The Hall–Kier alpha value is -2.35. The van der Waals surface area contributed by atoms with Crippen LogP contribution in [0.2, 0.25) is 0 Å². The van der Waals surface area contributed by atoms with Crippen molar-refractivity contribution in [1.82, 2.24) is 4.98 Å². The third-order valence-electron chi connectivity index (χ3n) is 3.34. The van der Waals surface area contributed by atoms with Crippen molar-refractivity contribution in [3.8, 4) is 11.5 Å². The summed E-state index contributed by atoms with van der Waals surface area (Å²) in [4.78, 5) is 16.4. The Bertz CT molecular complexity index is 759. The highest BCUT2D eigenvalue weighted by molar-refractivity contribution is 7.99. The minimum Gasteiger partial charge on any atom is -0.490 e. The van der Waals surface area contributed by atoms with Gasteiger partial charge in [0.1, 0.15) is 5.03 Å². The highest BCUT2D eigenvalue weighted by atomic mass is 32.2. The lowest BCUT2D eigenvalue weighted by Gasteiger charge is -2.14. The van der Waals surface area contributed by atoms with E-state index in [4.69, 9.17) is 9.47 Å². The number of anilines is 1. The molecule has 1 heterocycles. The zero-order valence-electron chi connectivity index (χ0n) is 15.2. The molecule has 2 rings (SSSR count). The van der Waals surface area contributed by atoms with Crippen molar-refractivity contribution in [3.63, 3.8) is 0 Å². The van der Waals surface area contributed by atoms with Gasteiger partial charge < -0.3 is 14.8 Å². The lowest BCUT2D eigenvalue weighted by Crippen LogP contribution is -2.14. The number of amides is 1. The Morgan fingerprint density at radius 1 is 1.15 bits per heavy atom. The van der Waals surface area contributed by atoms with Crippen molar-refractivity contribution in [2.24, 2.45) is 0 Å². The maximum absolute atomic E-state index is 12.7. The van der Waals surface area contributed by atoms with Crippen LogP contribution >= 0.6 is 11.8 Å². The quantitative estimate of drug-likeness (QED) is 0.558. The van der Waals surface area contributed by atoms with E-state index in [1.54, 1.807) is 18.2 Å². The Balaban J connectivity index is 2.20. The summed E-state index contributed by atoms with van der Waals surface area (Å²) < 4.78 is 36.7. The predicted octanol–water partition coefficient (Wildman–Crippen LogP) is 5.23. The van der Waals surface area contributed by atoms with Crippen LogP contribution in [0.25, 0.3) is 0 Å². The number of thioether (sulfide) groups is 1. The average molecular weight is 396 g/mol. The summed E-state index contributed by atoms with van der Waals surface area (Å²) in [7, 11) is 0. The Kier molecular flexibility index (Phi) is 8.32. The molecule has 1 aromatic heterocycles. The van der Waals surface area contributed by atoms with Gasteiger partial charge in [0.2, 0.25) is 0 Å². The third kappa shape index (κ3) is 6.39. The number of alkyl halides is 2. The first kappa shape index (κ1) is 21.0. The fraction of sp³-hybridized carbons (Fsp3) is 0.368. The topological polar surface area (TPSA) is 60.5 Å². The van der Waals surface area contributed by atoms with Crippen molar-refractivity contribution in [2.75, 3.05) is 18.5 Å². The Morgan fingerprint density at radius 3 is 2.52 bits per heavy atom. The number of nitrogens with one attached hydrogen (secondary N) is 1. The number of nitrogens with zero attached hydrogens (tertiary/aromatic N) is 1. The molecule has 5 nitrogen and oxygen atoms in total. The number of pyridine rings is 1. The second kappa shape index (κ2) is 10.7. The molecule has 1 N–H and O–H groups in total. The van der Waals surface area contributed by atoms with Gasteiger partial charge in [-0.2, -0.15) is 8.78 Å². The van der Waals surface area contributed by atoms with Crippen molar-refractivity contribution in [1.29, 1.82) is 0 Å². The van der Waals surface area contributed by atoms with Crippen LogP contribution in [0.3, 0.4) is 0 Å². The molecule has 0 aliphatic heterocycles. The molecule has 0 saturated carbocycles. The van der Waals surface area contributed by atoms with Crippen LogP contribution in [-0.2, 0) is 0 Å². The summed E-state index contributed by atoms with van der Waals surface area (Å²) in [5, 5.41) is 2.68. The van der Waals surface area contributed by atoms with Gasteiger partial charge in [0.25, 0.3) is 11.7 Å². The van der Waals surface area contributed by atoms with Crippen LogP contribution in [0, 0.1) is 0 Å². The minimum atomic E-state index is -2.66. The molecule has 0 saturated heterocycles. The molecular weight excluding hydrogens is 374 g/mol. The molecular formula is C19H22F2N2O3S. The van der Waals surface area contributed by atoms with Gasteiger partial charge >= 0.3 is 0 Å². The molecule has 2 aromatic rings. The summed E-state index contributed by atoms with van der Waals surface area (Å²) in [5.41, 5.74) is 0.567. The fourth-order valence-electron chi connectivity index (χ4n) is 2.18. The van der Waals surface area contributed by atoms with Crippen molar-refractivity contribution < 1.29 is 23.0 Å². The number of carbonyl (C=O) groups is 1. The number of carbonyl (C=O) groups excluding carboxylic acids is 1. The van der Waals surface area contributed by atoms with E-state index in [1.807, 2.05) is 13.8 Å². The summed E-state index contributed by atoms with van der Waals surface area (Å²) in [6.07, 6.45) is 3.06. The largest absolute Gasteiger partial charge is 0.490 e. The lowest BCUT2D eigenvalue weighted by molar-refractivity contribution is 0.102. The molecule has 0 radical (unpaired) electrons. The second-order valence-corrected chi connectivity index (χ2v) is 6.53. The number of hydrogen-bond donors (Lipinski definition) is 1. The van der Waals surface area contributed by atoms with E-state index >= 15 is 0 Å². The van der Waals surface area contributed by atoms with Crippen LogP contribution in [0.15, 0.2) is 41.6 Å². The zero-order chi connectivity index (χ0) is 19.6. The maximum Gasteiger partial charge on any atom is 0.290 e. The Labute approximate surface area is 161 Å². The molecule has 0 fully saturated rings. The smallest absolute Gasteiger partial charge is 0.290 e. The summed E-state index contributed by atoms with van der Waals surface area (Å²) in [6, 6.07) is 8.05. The van der Waals surface area contributed by atoms with Crippen molar-refractivity contribution >= 4 is 23.4 Å². The maximum atomic E-state index is 12.7. The van der Waals surface area contributed by atoms with Crippen molar-refractivity contribution in [2.45, 2.75) is 37.5 Å². The van der Waals surface area contributed by atoms with E-state index in [1.165, 1.54) is 18.3 Å². The molecule has 1 aromatic carbocycles. The lowest BCUT2D eigenvalue weighted by atomic mass is 10.2.